The Morgan fingerprint density at radius 1 is 1.20 bits per heavy atom. The summed E-state index contributed by atoms with van der Waals surface area (Å²) in [6, 6.07) is 0. The first-order chi connectivity index (χ1) is 9.28. The Hall–Kier alpha value is -0.120. The molecule has 0 aliphatic carbocycles. The zero-order valence-corrected chi connectivity index (χ0v) is 14.6. The van der Waals surface area contributed by atoms with Crippen LogP contribution in [0.1, 0.15) is 60.8 Å². The van der Waals surface area contributed by atoms with Crippen LogP contribution in [0.4, 0.5) is 0 Å². The van der Waals surface area contributed by atoms with E-state index >= 15 is 0 Å². The molecule has 0 spiro atoms. The highest BCUT2D eigenvalue weighted by atomic mass is 16.5. The normalized spacial score (nSPS) is 24.6. The average Bonchev–Trinajstić information content (AvgIpc) is 2.36. The van der Waals surface area contributed by atoms with Crippen molar-refractivity contribution < 1.29 is 4.74 Å². The van der Waals surface area contributed by atoms with Crippen molar-refractivity contribution in [1.29, 1.82) is 0 Å². The van der Waals surface area contributed by atoms with Crippen LogP contribution in [0.5, 0.6) is 0 Å². The highest BCUT2D eigenvalue weighted by molar-refractivity contribution is 4.85. The van der Waals surface area contributed by atoms with Gasteiger partial charge in [0, 0.05) is 31.7 Å². The lowest BCUT2D eigenvalue weighted by molar-refractivity contribution is -0.0421. The molecule has 3 nitrogen and oxygen atoms in total. The smallest absolute Gasteiger partial charge is 0.0700 e. The summed E-state index contributed by atoms with van der Waals surface area (Å²) in [6.07, 6.45) is 4.10. The number of nitrogens with one attached hydrogen (secondary N) is 1. The number of morpholine rings is 1. The lowest BCUT2D eigenvalue weighted by Gasteiger charge is -2.41. The van der Waals surface area contributed by atoms with E-state index in [2.05, 4.69) is 51.8 Å². The maximum atomic E-state index is 5.79. The third-order valence-corrected chi connectivity index (χ3v) is 4.18. The molecule has 0 radical (unpaired) electrons. The summed E-state index contributed by atoms with van der Waals surface area (Å²) in [5.74, 6) is 0. The van der Waals surface area contributed by atoms with Crippen molar-refractivity contribution in [2.45, 2.75) is 72.4 Å². The van der Waals surface area contributed by atoms with Crippen LogP contribution in [0, 0.1) is 5.41 Å². The maximum Gasteiger partial charge on any atom is 0.0700 e. The van der Waals surface area contributed by atoms with E-state index in [1.165, 1.54) is 19.4 Å². The predicted molar refractivity (Wildman–Crippen MR) is 87.2 cm³/mol. The molecular formula is C17H36N2O. The molecule has 120 valence electrons. The van der Waals surface area contributed by atoms with Gasteiger partial charge in [-0.2, -0.15) is 0 Å². The van der Waals surface area contributed by atoms with Crippen molar-refractivity contribution in [3.05, 3.63) is 0 Å². The van der Waals surface area contributed by atoms with E-state index in [1.807, 2.05) is 0 Å². The van der Waals surface area contributed by atoms with Gasteiger partial charge in [0.1, 0.15) is 0 Å². The standard InChI is InChI=1S/C17H36N2O/c1-7-9-17(6,13-18-16(3,4)5)14-19-10-11-20-15(8-2)12-19/h15,18H,7-14H2,1-6H3. The Bertz CT molecular complexity index is 275. The largest absolute Gasteiger partial charge is 0.376 e. The Balaban J connectivity index is 2.55. The van der Waals surface area contributed by atoms with Crippen LogP contribution in [0.2, 0.25) is 0 Å². The number of rotatable bonds is 7. The third-order valence-electron chi connectivity index (χ3n) is 4.18. The summed E-state index contributed by atoms with van der Waals surface area (Å²) in [5.41, 5.74) is 0.559. The SMILES string of the molecule is CCCC(C)(CNC(C)(C)C)CN1CCOC(CC)C1. The van der Waals surface area contributed by atoms with E-state index in [9.17, 15) is 0 Å². The number of hydrogen-bond acceptors (Lipinski definition) is 3. The second kappa shape index (κ2) is 7.77. The summed E-state index contributed by atoms with van der Waals surface area (Å²) >= 11 is 0. The Morgan fingerprint density at radius 2 is 1.90 bits per heavy atom. The molecule has 1 fully saturated rings. The van der Waals surface area contributed by atoms with Gasteiger partial charge in [0.05, 0.1) is 12.7 Å². The molecule has 1 saturated heterocycles. The third kappa shape index (κ3) is 6.55. The van der Waals surface area contributed by atoms with Crippen LogP contribution in [-0.4, -0.2) is 49.3 Å². The molecule has 1 aliphatic rings. The molecule has 1 rings (SSSR count). The molecule has 2 unspecified atom stereocenters. The van der Waals surface area contributed by atoms with Gasteiger partial charge < -0.3 is 10.1 Å². The minimum absolute atomic E-state index is 0.200. The highest BCUT2D eigenvalue weighted by Crippen LogP contribution is 2.26. The van der Waals surface area contributed by atoms with Gasteiger partial charge in [0.15, 0.2) is 0 Å². The second-order valence-corrected chi connectivity index (χ2v) is 7.80. The van der Waals surface area contributed by atoms with E-state index < -0.39 is 0 Å². The minimum atomic E-state index is 0.200. The summed E-state index contributed by atoms with van der Waals surface area (Å²) < 4.78 is 5.79. The van der Waals surface area contributed by atoms with Crippen LogP contribution >= 0.6 is 0 Å². The Kier molecular flexibility index (Phi) is 6.96. The van der Waals surface area contributed by atoms with Crippen LogP contribution < -0.4 is 5.32 Å². The van der Waals surface area contributed by atoms with Gasteiger partial charge in [0.2, 0.25) is 0 Å². The predicted octanol–water partition coefficient (Wildman–Crippen LogP) is 3.29. The van der Waals surface area contributed by atoms with Crippen molar-refractivity contribution in [2.24, 2.45) is 5.41 Å². The molecule has 1 heterocycles. The molecule has 1 aliphatic heterocycles. The first kappa shape index (κ1) is 17.9. The van der Waals surface area contributed by atoms with E-state index in [0.29, 0.717) is 11.5 Å². The number of nitrogens with zero attached hydrogens (tertiary/aromatic N) is 1. The molecule has 0 bridgehead atoms. The molecule has 20 heavy (non-hydrogen) atoms. The van der Waals surface area contributed by atoms with E-state index in [1.54, 1.807) is 0 Å². The summed E-state index contributed by atoms with van der Waals surface area (Å²) in [6.45, 7) is 19.1. The topological polar surface area (TPSA) is 24.5 Å². The average molecular weight is 284 g/mol. The number of hydrogen-bond donors (Lipinski definition) is 1. The lowest BCUT2D eigenvalue weighted by Crippen LogP contribution is -2.51. The van der Waals surface area contributed by atoms with E-state index in [-0.39, 0.29) is 5.54 Å². The van der Waals surface area contributed by atoms with Gasteiger partial charge in [-0.05, 0) is 39.0 Å². The summed E-state index contributed by atoms with van der Waals surface area (Å²) in [5, 5.41) is 3.70. The Labute approximate surface area is 126 Å². The molecule has 2 atom stereocenters. The fourth-order valence-corrected chi connectivity index (χ4v) is 3.02. The maximum absolute atomic E-state index is 5.79. The van der Waals surface area contributed by atoms with Crippen molar-refractivity contribution in [1.82, 2.24) is 10.2 Å². The first-order valence-electron chi connectivity index (χ1n) is 8.37. The van der Waals surface area contributed by atoms with Crippen LogP contribution in [0.3, 0.4) is 0 Å². The zero-order valence-electron chi connectivity index (χ0n) is 14.6. The van der Waals surface area contributed by atoms with Gasteiger partial charge in [0.25, 0.3) is 0 Å². The van der Waals surface area contributed by atoms with Crippen molar-refractivity contribution in [2.75, 3.05) is 32.8 Å². The Morgan fingerprint density at radius 3 is 2.45 bits per heavy atom. The molecule has 1 N–H and O–H groups in total. The first-order valence-corrected chi connectivity index (χ1v) is 8.37. The minimum Gasteiger partial charge on any atom is -0.376 e. The van der Waals surface area contributed by atoms with Crippen LogP contribution in [-0.2, 0) is 4.74 Å². The molecular weight excluding hydrogens is 248 g/mol. The zero-order chi connectivity index (χ0) is 15.2. The quantitative estimate of drug-likeness (QED) is 0.776. The van der Waals surface area contributed by atoms with Crippen molar-refractivity contribution >= 4 is 0 Å². The van der Waals surface area contributed by atoms with Gasteiger partial charge in [-0.3, -0.25) is 4.90 Å². The number of ether oxygens (including phenoxy) is 1. The van der Waals surface area contributed by atoms with Crippen molar-refractivity contribution in [3.63, 3.8) is 0 Å². The van der Waals surface area contributed by atoms with Crippen LogP contribution in [0.15, 0.2) is 0 Å². The van der Waals surface area contributed by atoms with Gasteiger partial charge in [-0.1, -0.05) is 27.2 Å². The van der Waals surface area contributed by atoms with Gasteiger partial charge in [-0.25, -0.2) is 0 Å². The molecule has 0 aromatic rings. The molecule has 0 saturated carbocycles. The summed E-state index contributed by atoms with van der Waals surface area (Å²) in [4.78, 5) is 2.61. The van der Waals surface area contributed by atoms with Crippen LogP contribution in [0.25, 0.3) is 0 Å². The second-order valence-electron chi connectivity index (χ2n) is 7.80. The van der Waals surface area contributed by atoms with Gasteiger partial charge >= 0.3 is 0 Å². The monoisotopic (exact) mass is 284 g/mol. The lowest BCUT2D eigenvalue weighted by atomic mass is 9.83. The molecule has 0 aromatic carbocycles. The highest BCUT2D eigenvalue weighted by Gasteiger charge is 2.30. The summed E-state index contributed by atoms with van der Waals surface area (Å²) in [7, 11) is 0. The molecule has 3 heteroatoms. The van der Waals surface area contributed by atoms with E-state index in [0.717, 1.165) is 32.7 Å². The molecule has 0 aromatic heterocycles. The fraction of sp³-hybridized carbons (Fsp3) is 1.00. The van der Waals surface area contributed by atoms with Gasteiger partial charge in [-0.15, -0.1) is 0 Å². The fourth-order valence-electron chi connectivity index (χ4n) is 3.02. The van der Waals surface area contributed by atoms with Crippen molar-refractivity contribution in [3.8, 4) is 0 Å². The van der Waals surface area contributed by atoms with E-state index in [4.69, 9.17) is 4.74 Å². The molecule has 0 amide bonds.